The van der Waals surface area contributed by atoms with Gasteiger partial charge >= 0.3 is 7.82 Å². The zero-order valence-electron chi connectivity index (χ0n) is 31.5. The molecule has 0 aromatic carbocycles. The largest absolute Gasteiger partial charge is 0.472 e. The maximum atomic E-state index is 12.7. The summed E-state index contributed by atoms with van der Waals surface area (Å²) in [5.74, 6) is -0.181. The van der Waals surface area contributed by atoms with Crippen molar-refractivity contribution in [2.45, 2.75) is 187 Å². The number of hydrogen-bond donors (Lipinski definition) is 3. The average Bonchev–Trinajstić information content (AvgIpc) is 3.01. The van der Waals surface area contributed by atoms with Gasteiger partial charge in [-0.3, -0.25) is 13.8 Å². The maximum Gasteiger partial charge on any atom is 0.472 e. The Morgan fingerprint density at radius 1 is 0.702 bits per heavy atom. The minimum absolute atomic E-state index is 0.0640. The van der Waals surface area contributed by atoms with Crippen LogP contribution in [-0.2, 0) is 18.4 Å². The third-order valence-electron chi connectivity index (χ3n) is 8.76. The van der Waals surface area contributed by atoms with E-state index in [1.807, 2.05) is 27.2 Å². The van der Waals surface area contributed by atoms with E-state index >= 15 is 0 Å². The molecule has 0 spiro atoms. The molecule has 0 heterocycles. The lowest BCUT2D eigenvalue weighted by atomic mass is 10.0. The van der Waals surface area contributed by atoms with Gasteiger partial charge in [0.1, 0.15) is 13.2 Å². The Labute approximate surface area is 291 Å². The summed E-state index contributed by atoms with van der Waals surface area (Å²) in [6.07, 6.45) is 32.7. The third-order valence-corrected chi connectivity index (χ3v) is 9.74. The highest BCUT2D eigenvalue weighted by Crippen LogP contribution is 2.43. The molecule has 1 unspecified atom stereocenters. The first-order valence-corrected chi connectivity index (χ1v) is 21.1. The summed E-state index contributed by atoms with van der Waals surface area (Å²) in [6.45, 7) is 4.78. The molecule has 0 aliphatic carbocycles. The summed E-state index contributed by atoms with van der Waals surface area (Å²) in [5, 5.41) is 13.7. The zero-order valence-corrected chi connectivity index (χ0v) is 32.4. The van der Waals surface area contributed by atoms with E-state index in [4.69, 9.17) is 9.05 Å². The molecule has 0 saturated heterocycles. The zero-order chi connectivity index (χ0) is 35.1. The molecule has 0 aliphatic heterocycles. The number of aliphatic hydroxyl groups excluding tert-OH is 1. The lowest BCUT2D eigenvalue weighted by Crippen LogP contribution is -2.45. The first-order chi connectivity index (χ1) is 22.5. The molecule has 3 N–H and O–H groups in total. The second-order valence-electron chi connectivity index (χ2n) is 14.7. The van der Waals surface area contributed by atoms with Gasteiger partial charge in [-0.15, -0.1) is 0 Å². The highest BCUT2D eigenvalue weighted by atomic mass is 31.2. The number of carbonyl (C=O) groups is 1. The van der Waals surface area contributed by atoms with E-state index in [0.717, 1.165) is 38.5 Å². The number of hydrogen-bond acceptors (Lipinski definition) is 5. The number of unbranched alkanes of at least 4 members (excludes halogenated alkanes) is 22. The van der Waals surface area contributed by atoms with Crippen LogP contribution in [0.2, 0.25) is 0 Å². The SMILES string of the molecule is CCCCCCCCCCCCCCCC/C=C/[C@H](O)[C@@H](COP(=O)(O)OCC[N+](C)(C)C)NC(=O)CCCCCCCCCCC. The fourth-order valence-electron chi connectivity index (χ4n) is 5.57. The van der Waals surface area contributed by atoms with Crippen molar-refractivity contribution >= 4 is 13.7 Å². The molecule has 0 aromatic heterocycles. The van der Waals surface area contributed by atoms with Crippen LogP contribution in [0.5, 0.6) is 0 Å². The smallest absolute Gasteiger partial charge is 0.387 e. The van der Waals surface area contributed by atoms with Gasteiger partial charge in [0.25, 0.3) is 0 Å². The molecule has 9 heteroatoms. The van der Waals surface area contributed by atoms with Crippen LogP contribution in [-0.4, -0.2) is 73.4 Å². The van der Waals surface area contributed by atoms with Crippen molar-refractivity contribution in [1.29, 1.82) is 0 Å². The lowest BCUT2D eigenvalue weighted by molar-refractivity contribution is -0.870. The Hall–Kier alpha value is -0.760. The molecule has 0 radical (unpaired) electrons. The number of nitrogens with one attached hydrogen (secondary N) is 1. The number of nitrogens with zero attached hydrogens (tertiary/aromatic N) is 1. The Morgan fingerprint density at radius 3 is 1.57 bits per heavy atom. The summed E-state index contributed by atoms with van der Waals surface area (Å²) in [7, 11) is 1.58. The molecule has 280 valence electrons. The van der Waals surface area contributed by atoms with Crippen molar-refractivity contribution in [1.82, 2.24) is 5.32 Å². The van der Waals surface area contributed by atoms with Crippen LogP contribution in [0.15, 0.2) is 12.2 Å². The highest BCUT2D eigenvalue weighted by molar-refractivity contribution is 7.47. The van der Waals surface area contributed by atoms with Gasteiger partial charge in [-0.05, 0) is 19.3 Å². The van der Waals surface area contributed by atoms with E-state index in [1.165, 1.54) is 116 Å². The Kier molecular flexibility index (Phi) is 30.7. The second kappa shape index (κ2) is 31.2. The van der Waals surface area contributed by atoms with Crippen molar-refractivity contribution in [2.75, 3.05) is 40.9 Å². The van der Waals surface area contributed by atoms with E-state index < -0.39 is 20.0 Å². The summed E-state index contributed by atoms with van der Waals surface area (Å²) >= 11 is 0. The quantitative estimate of drug-likeness (QED) is 0.0265. The molecule has 47 heavy (non-hydrogen) atoms. The molecule has 1 amide bonds. The Morgan fingerprint density at radius 2 is 1.13 bits per heavy atom. The maximum absolute atomic E-state index is 12.7. The number of phosphoric acid groups is 1. The van der Waals surface area contributed by atoms with Crippen molar-refractivity contribution in [3.63, 3.8) is 0 Å². The van der Waals surface area contributed by atoms with Gasteiger partial charge in [0.15, 0.2) is 0 Å². The summed E-state index contributed by atoms with van der Waals surface area (Å²) < 4.78 is 23.4. The van der Waals surface area contributed by atoms with Gasteiger partial charge < -0.3 is 19.8 Å². The molecule has 0 aromatic rings. The van der Waals surface area contributed by atoms with Crippen LogP contribution in [0.4, 0.5) is 0 Å². The van der Waals surface area contributed by atoms with Crippen LogP contribution in [0.25, 0.3) is 0 Å². The molecule has 0 fully saturated rings. The second-order valence-corrected chi connectivity index (χ2v) is 16.1. The van der Waals surface area contributed by atoms with E-state index in [-0.39, 0.29) is 19.1 Å². The van der Waals surface area contributed by atoms with E-state index in [1.54, 1.807) is 6.08 Å². The summed E-state index contributed by atoms with van der Waals surface area (Å²) in [6, 6.07) is -0.837. The standard InChI is InChI=1S/C38H77N2O6P/c1-6-8-10-12-14-16-17-18-19-20-21-22-24-25-27-29-31-37(41)36(35-46-47(43,44)45-34-33-40(3,4)5)39-38(42)32-30-28-26-23-15-13-11-9-7-2/h29,31,36-37,41H,6-28,30,32-35H2,1-5H3,(H-,39,42,43,44)/p+1/b31-29+/t36-,37+/m1/s1. The molecule has 8 nitrogen and oxygen atoms in total. The van der Waals surface area contributed by atoms with Crippen molar-refractivity contribution in [3.8, 4) is 0 Å². The lowest BCUT2D eigenvalue weighted by Gasteiger charge is -2.25. The van der Waals surface area contributed by atoms with Crippen molar-refractivity contribution < 1.29 is 32.9 Å². The Balaban J connectivity index is 4.47. The molecule has 0 aliphatic rings. The monoisotopic (exact) mass is 690 g/mol. The predicted octanol–water partition coefficient (Wildman–Crippen LogP) is 10.0. The van der Waals surface area contributed by atoms with Crippen LogP contribution in [0.3, 0.4) is 0 Å². The van der Waals surface area contributed by atoms with Gasteiger partial charge in [-0.2, -0.15) is 0 Å². The van der Waals surface area contributed by atoms with Gasteiger partial charge in [0, 0.05) is 6.42 Å². The molecule has 0 rings (SSSR count). The Bertz CT molecular complexity index is 789. The van der Waals surface area contributed by atoms with Gasteiger partial charge in [0.2, 0.25) is 5.91 Å². The van der Waals surface area contributed by atoms with Crippen molar-refractivity contribution in [2.24, 2.45) is 0 Å². The average molecular weight is 690 g/mol. The van der Waals surface area contributed by atoms with Gasteiger partial charge in [-0.25, -0.2) is 4.57 Å². The number of allylic oxidation sites excluding steroid dienone is 1. The number of quaternary nitrogens is 1. The van der Waals surface area contributed by atoms with E-state index in [0.29, 0.717) is 17.4 Å². The van der Waals surface area contributed by atoms with Gasteiger partial charge in [0.05, 0.1) is 39.9 Å². The summed E-state index contributed by atoms with van der Waals surface area (Å²) in [5.41, 5.74) is 0. The number of rotatable bonds is 35. The number of phosphoric ester groups is 1. The fourth-order valence-corrected chi connectivity index (χ4v) is 6.31. The van der Waals surface area contributed by atoms with Crippen LogP contribution >= 0.6 is 7.82 Å². The van der Waals surface area contributed by atoms with Gasteiger partial charge in [-0.1, -0.05) is 161 Å². The minimum Gasteiger partial charge on any atom is -0.387 e. The first kappa shape index (κ1) is 46.2. The normalized spacial score (nSPS) is 14.8. The highest BCUT2D eigenvalue weighted by Gasteiger charge is 2.27. The minimum atomic E-state index is -4.32. The summed E-state index contributed by atoms with van der Waals surface area (Å²) in [4.78, 5) is 22.9. The molecule has 3 atom stereocenters. The van der Waals surface area contributed by atoms with Crippen LogP contribution in [0, 0.1) is 0 Å². The molecular weight excluding hydrogens is 611 g/mol. The topological polar surface area (TPSA) is 105 Å². The van der Waals surface area contributed by atoms with E-state index in [2.05, 4.69) is 19.2 Å². The van der Waals surface area contributed by atoms with Crippen LogP contribution in [0.1, 0.15) is 174 Å². The number of likely N-dealkylation sites (N-methyl/N-ethyl adjacent to an activating group) is 1. The molecular formula is C38H78N2O6P+. The molecule has 0 saturated carbocycles. The predicted molar refractivity (Wildman–Crippen MR) is 198 cm³/mol. The number of carbonyl (C=O) groups excluding carboxylic acids is 1. The number of aliphatic hydroxyl groups is 1. The third kappa shape index (κ3) is 33.5. The number of amides is 1. The van der Waals surface area contributed by atoms with Crippen LogP contribution < -0.4 is 5.32 Å². The fraction of sp³-hybridized carbons (Fsp3) is 0.921. The van der Waals surface area contributed by atoms with Crippen molar-refractivity contribution in [3.05, 3.63) is 12.2 Å². The van der Waals surface area contributed by atoms with E-state index in [9.17, 15) is 19.4 Å². The first-order valence-electron chi connectivity index (χ1n) is 19.6. The molecule has 0 bridgehead atoms.